The molecule has 0 bridgehead atoms. The molecule has 1 aromatic carbocycles. The highest BCUT2D eigenvalue weighted by molar-refractivity contribution is 6.05. The molecule has 2 saturated carbocycles. The maximum absolute atomic E-state index is 12.9. The zero-order valence-electron chi connectivity index (χ0n) is 19.6. The molecule has 8 nitrogen and oxygen atoms in total. The molecule has 1 unspecified atom stereocenters. The van der Waals surface area contributed by atoms with Crippen LogP contribution in [0, 0.1) is 22.7 Å². The number of amides is 3. The van der Waals surface area contributed by atoms with Gasteiger partial charge in [0.2, 0.25) is 11.8 Å². The zero-order chi connectivity index (χ0) is 23.9. The lowest BCUT2D eigenvalue weighted by atomic mass is 9.64. The first-order chi connectivity index (χ1) is 16.3. The van der Waals surface area contributed by atoms with Crippen LogP contribution < -0.4 is 15.4 Å². The van der Waals surface area contributed by atoms with Crippen LogP contribution in [0.4, 0.5) is 0 Å². The van der Waals surface area contributed by atoms with Gasteiger partial charge in [0.05, 0.1) is 11.5 Å². The van der Waals surface area contributed by atoms with Crippen LogP contribution in [0.1, 0.15) is 74.2 Å². The van der Waals surface area contributed by atoms with E-state index in [-0.39, 0.29) is 35.8 Å². The minimum absolute atomic E-state index is 0.0672. The number of hydrogen-bond acceptors (Lipinski definition) is 6. The first kappa shape index (κ1) is 22.9. The number of ether oxygens (including phenoxy) is 1. The summed E-state index contributed by atoms with van der Waals surface area (Å²) in [5.41, 5.74) is 1.30. The van der Waals surface area contributed by atoms with E-state index in [2.05, 4.69) is 16.7 Å². The monoisotopic (exact) mass is 464 g/mol. The second kappa shape index (κ2) is 9.03. The van der Waals surface area contributed by atoms with Gasteiger partial charge in [-0.05, 0) is 81.7 Å². The molecule has 0 aromatic heterocycles. The van der Waals surface area contributed by atoms with Crippen molar-refractivity contribution < 1.29 is 19.1 Å². The van der Waals surface area contributed by atoms with Gasteiger partial charge in [-0.15, -0.1) is 0 Å². The van der Waals surface area contributed by atoms with Crippen LogP contribution in [0.25, 0.3) is 0 Å². The van der Waals surface area contributed by atoms with Gasteiger partial charge in [0.15, 0.2) is 0 Å². The number of benzene rings is 1. The SMILES string of the molecule is C[C@]1(C#N)C[C@H](CN[C@@H]2CCCC[C@H]2Oc2ccc3c(c2)CN(C2CCC(=O)NC2=O)C3=O)C1. The molecule has 4 aliphatic rings. The number of carbonyl (C=O) groups excluding carboxylic acids is 3. The van der Waals surface area contributed by atoms with Gasteiger partial charge in [0.1, 0.15) is 17.9 Å². The molecule has 5 rings (SSSR count). The van der Waals surface area contributed by atoms with Gasteiger partial charge >= 0.3 is 0 Å². The number of carbonyl (C=O) groups is 3. The van der Waals surface area contributed by atoms with Gasteiger partial charge in [0, 0.05) is 24.6 Å². The number of nitrogens with one attached hydrogen (secondary N) is 2. The smallest absolute Gasteiger partial charge is 0.255 e. The molecule has 2 N–H and O–H groups in total. The highest BCUT2D eigenvalue weighted by atomic mass is 16.5. The van der Waals surface area contributed by atoms with Crippen molar-refractivity contribution in [3.63, 3.8) is 0 Å². The topological polar surface area (TPSA) is 112 Å². The molecule has 3 fully saturated rings. The maximum Gasteiger partial charge on any atom is 0.255 e. The number of rotatable bonds is 6. The van der Waals surface area contributed by atoms with Crippen LogP contribution in [0.5, 0.6) is 5.75 Å². The van der Waals surface area contributed by atoms with Crippen molar-refractivity contribution in [2.75, 3.05) is 6.54 Å². The predicted octanol–water partition coefficient (Wildman–Crippen LogP) is 2.67. The Hall–Kier alpha value is -2.92. The molecule has 2 aliphatic carbocycles. The molecule has 3 atom stereocenters. The van der Waals surface area contributed by atoms with Gasteiger partial charge in [-0.1, -0.05) is 6.42 Å². The van der Waals surface area contributed by atoms with Crippen molar-refractivity contribution >= 4 is 17.7 Å². The first-order valence-electron chi connectivity index (χ1n) is 12.4. The lowest BCUT2D eigenvalue weighted by Gasteiger charge is -2.41. The number of imide groups is 1. The Kier molecular flexibility index (Phi) is 6.07. The highest BCUT2D eigenvalue weighted by Crippen LogP contribution is 2.44. The fourth-order valence-electron chi connectivity index (χ4n) is 6.04. The Morgan fingerprint density at radius 1 is 1.21 bits per heavy atom. The van der Waals surface area contributed by atoms with Crippen LogP contribution >= 0.6 is 0 Å². The summed E-state index contributed by atoms with van der Waals surface area (Å²) in [4.78, 5) is 38.2. The second-order valence-corrected chi connectivity index (χ2v) is 10.6. The zero-order valence-corrected chi connectivity index (χ0v) is 19.6. The molecule has 1 aromatic rings. The van der Waals surface area contributed by atoms with Crippen LogP contribution in [0.2, 0.25) is 0 Å². The molecule has 8 heteroatoms. The van der Waals surface area contributed by atoms with E-state index in [4.69, 9.17) is 4.74 Å². The van der Waals surface area contributed by atoms with E-state index >= 15 is 0 Å². The minimum atomic E-state index is -0.608. The largest absolute Gasteiger partial charge is 0.489 e. The van der Waals surface area contributed by atoms with E-state index in [1.54, 1.807) is 11.0 Å². The second-order valence-electron chi connectivity index (χ2n) is 10.6. The Morgan fingerprint density at radius 2 is 2.00 bits per heavy atom. The van der Waals surface area contributed by atoms with Crippen molar-refractivity contribution in [2.45, 2.75) is 83.0 Å². The number of hydrogen-bond donors (Lipinski definition) is 2. The Bertz CT molecular complexity index is 1040. The quantitative estimate of drug-likeness (QED) is 0.626. The molecule has 0 spiro atoms. The van der Waals surface area contributed by atoms with E-state index in [9.17, 15) is 19.6 Å². The van der Waals surface area contributed by atoms with Crippen molar-refractivity contribution in [1.82, 2.24) is 15.5 Å². The normalized spacial score (nSPS) is 33.1. The Labute approximate surface area is 200 Å². The number of piperidine rings is 1. The van der Waals surface area contributed by atoms with Gasteiger partial charge in [0.25, 0.3) is 5.91 Å². The van der Waals surface area contributed by atoms with E-state index in [0.717, 1.165) is 50.0 Å². The van der Waals surface area contributed by atoms with Crippen LogP contribution in [-0.4, -0.2) is 47.4 Å². The van der Waals surface area contributed by atoms with Crippen LogP contribution in [0.3, 0.4) is 0 Å². The number of nitriles is 1. The van der Waals surface area contributed by atoms with Crippen molar-refractivity contribution in [1.29, 1.82) is 5.26 Å². The lowest BCUT2D eigenvalue weighted by Crippen LogP contribution is -2.52. The molecule has 2 heterocycles. The predicted molar refractivity (Wildman–Crippen MR) is 124 cm³/mol. The van der Waals surface area contributed by atoms with Crippen molar-refractivity contribution in [3.8, 4) is 11.8 Å². The van der Waals surface area contributed by atoms with Crippen LogP contribution in [-0.2, 0) is 16.1 Å². The summed E-state index contributed by atoms with van der Waals surface area (Å²) in [6.45, 7) is 3.31. The molecule has 3 amide bonds. The van der Waals surface area contributed by atoms with Gasteiger partial charge in [-0.25, -0.2) is 0 Å². The van der Waals surface area contributed by atoms with Gasteiger partial charge in [-0.3, -0.25) is 19.7 Å². The summed E-state index contributed by atoms with van der Waals surface area (Å²) in [5, 5.41) is 15.3. The van der Waals surface area contributed by atoms with Crippen LogP contribution in [0.15, 0.2) is 18.2 Å². The third-order valence-electron chi connectivity index (χ3n) is 7.90. The average Bonchev–Trinajstić information content (AvgIpc) is 3.12. The molecule has 2 aliphatic heterocycles. The summed E-state index contributed by atoms with van der Waals surface area (Å²) in [6, 6.07) is 7.66. The van der Waals surface area contributed by atoms with E-state index in [1.807, 2.05) is 19.1 Å². The highest BCUT2D eigenvalue weighted by Gasteiger charge is 2.41. The van der Waals surface area contributed by atoms with Crippen molar-refractivity contribution in [3.05, 3.63) is 29.3 Å². The molecular formula is C26H32N4O4. The third-order valence-corrected chi connectivity index (χ3v) is 7.90. The Morgan fingerprint density at radius 3 is 2.76 bits per heavy atom. The first-order valence-corrected chi connectivity index (χ1v) is 12.4. The molecule has 34 heavy (non-hydrogen) atoms. The summed E-state index contributed by atoms with van der Waals surface area (Å²) in [6.07, 6.45) is 6.95. The summed E-state index contributed by atoms with van der Waals surface area (Å²) in [5.74, 6) is 0.449. The molecule has 1 saturated heterocycles. The van der Waals surface area contributed by atoms with Gasteiger partial charge < -0.3 is 15.0 Å². The fourth-order valence-corrected chi connectivity index (χ4v) is 6.04. The Balaban J connectivity index is 1.21. The van der Waals surface area contributed by atoms with Crippen molar-refractivity contribution in [2.24, 2.45) is 11.3 Å². The third kappa shape index (κ3) is 4.41. The average molecular weight is 465 g/mol. The van der Waals surface area contributed by atoms with Gasteiger partial charge in [-0.2, -0.15) is 5.26 Å². The molecule has 0 radical (unpaired) electrons. The molecule has 180 valence electrons. The minimum Gasteiger partial charge on any atom is -0.489 e. The lowest BCUT2D eigenvalue weighted by molar-refractivity contribution is -0.136. The van der Waals surface area contributed by atoms with E-state index < -0.39 is 11.9 Å². The van der Waals surface area contributed by atoms with E-state index in [1.165, 1.54) is 6.42 Å². The fraction of sp³-hybridized carbons (Fsp3) is 0.615. The molecular weight excluding hydrogens is 432 g/mol. The summed E-state index contributed by atoms with van der Waals surface area (Å²) >= 11 is 0. The maximum atomic E-state index is 12.9. The number of nitrogens with zero attached hydrogens (tertiary/aromatic N) is 2. The van der Waals surface area contributed by atoms with E-state index in [0.29, 0.717) is 24.4 Å². The summed E-state index contributed by atoms with van der Waals surface area (Å²) < 4.78 is 6.42. The number of fused-ring (bicyclic) bond motifs is 1. The summed E-state index contributed by atoms with van der Waals surface area (Å²) in [7, 11) is 0. The standard InChI is InChI=1S/C26H32N4O4/c1-26(15-27)11-16(12-26)13-28-20-4-2-3-5-22(20)34-18-6-7-19-17(10-18)14-30(25(19)33)21-8-9-23(31)29-24(21)32/h6-7,10,16,20-22,28H,2-5,8-9,11-14H2,1H3,(H,29,31,32)/t16-,20-,21?,22-,26-/m1/s1.